The normalized spacial score (nSPS) is 24.7. The quantitative estimate of drug-likeness (QED) is 0.844. The van der Waals surface area contributed by atoms with E-state index in [1.165, 1.54) is 12.6 Å². The lowest BCUT2D eigenvalue weighted by Gasteiger charge is -2.28. The summed E-state index contributed by atoms with van der Waals surface area (Å²) in [6.07, 6.45) is 4.77. The molecule has 2 aromatic rings. The van der Waals surface area contributed by atoms with E-state index in [-0.39, 0.29) is 23.8 Å². The first-order chi connectivity index (χ1) is 11.2. The zero-order valence-electron chi connectivity index (χ0n) is 12.7. The van der Waals surface area contributed by atoms with Crippen LogP contribution in [0.2, 0.25) is 0 Å². The van der Waals surface area contributed by atoms with Crippen molar-refractivity contribution < 1.29 is 19.1 Å². The highest BCUT2D eigenvalue weighted by Crippen LogP contribution is 2.24. The van der Waals surface area contributed by atoms with Crippen LogP contribution < -0.4 is 10.1 Å². The first-order valence-corrected chi connectivity index (χ1v) is 7.83. The second-order valence-electron chi connectivity index (χ2n) is 5.69. The van der Waals surface area contributed by atoms with Crippen LogP contribution in [0, 0.1) is 0 Å². The van der Waals surface area contributed by atoms with Crippen molar-refractivity contribution in [1.82, 2.24) is 10.3 Å². The Morgan fingerprint density at radius 3 is 2.78 bits per heavy atom. The fourth-order valence-corrected chi connectivity index (χ4v) is 2.84. The number of rotatable bonds is 4. The molecule has 3 rings (SSSR count). The highest BCUT2D eigenvalue weighted by atomic mass is 16.5. The van der Waals surface area contributed by atoms with Crippen molar-refractivity contribution >= 4 is 5.91 Å². The molecular weight excluding hydrogens is 296 g/mol. The summed E-state index contributed by atoms with van der Waals surface area (Å²) in [5, 5.41) is 13.5. The van der Waals surface area contributed by atoms with Crippen LogP contribution in [0.15, 0.2) is 47.3 Å². The van der Waals surface area contributed by atoms with Crippen molar-refractivity contribution in [3.8, 4) is 5.75 Å². The van der Waals surface area contributed by atoms with Crippen LogP contribution in [0.1, 0.15) is 36.2 Å². The summed E-state index contributed by atoms with van der Waals surface area (Å²) in [4.78, 5) is 15.8. The maximum atomic E-state index is 12.1. The minimum absolute atomic E-state index is 0.141. The molecule has 0 spiro atoms. The summed E-state index contributed by atoms with van der Waals surface area (Å²) < 4.78 is 10.9. The SMILES string of the molecule is O=C(N[C@@H]1CCCC[C@@H](Oc2ccccc2)[C@@H]1O)c1cnco1. The molecule has 0 radical (unpaired) electrons. The van der Waals surface area contributed by atoms with Gasteiger partial charge in [-0.2, -0.15) is 0 Å². The van der Waals surface area contributed by atoms with Crippen molar-refractivity contribution in [2.75, 3.05) is 0 Å². The van der Waals surface area contributed by atoms with Gasteiger partial charge in [0, 0.05) is 0 Å². The highest BCUT2D eigenvalue weighted by molar-refractivity contribution is 5.91. The number of hydrogen-bond acceptors (Lipinski definition) is 5. The van der Waals surface area contributed by atoms with E-state index in [0.717, 1.165) is 25.0 Å². The number of carbonyl (C=O) groups is 1. The van der Waals surface area contributed by atoms with E-state index in [1.807, 2.05) is 30.3 Å². The smallest absolute Gasteiger partial charge is 0.289 e. The number of ether oxygens (including phenoxy) is 1. The first-order valence-electron chi connectivity index (χ1n) is 7.83. The summed E-state index contributed by atoms with van der Waals surface area (Å²) in [6, 6.07) is 9.04. The predicted molar refractivity (Wildman–Crippen MR) is 83.1 cm³/mol. The van der Waals surface area contributed by atoms with E-state index in [4.69, 9.17) is 9.15 Å². The van der Waals surface area contributed by atoms with Gasteiger partial charge in [0.25, 0.3) is 5.91 Å². The van der Waals surface area contributed by atoms with Crippen LogP contribution in [0.5, 0.6) is 5.75 Å². The Kier molecular flexibility index (Phi) is 4.92. The fraction of sp³-hybridized carbons (Fsp3) is 0.412. The predicted octanol–water partition coefficient (Wildman–Crippen LogP) is 2.16. The van der Waals surface area contributed by atoms with Crippen LogP contribution >= 0.6 is 0 Å². The van der Waals surface area contributed by atoms with Crippen molar-refractivity contribution in [2.45, 2.75) is 43.9 Å². The number of hydrogen-bond donors (Lipinski definition) is 2. The number of para-hydroxylation sites is 1. The molecule has 6 nitrogen and oxygen atoms in total. The minimum Gasteiger partial charge on any atom is -0.488 e. The van der Waals surface area contributed by atoms with Crippen LogP contribution in [-0.4, -0.2) is 34.2 Å². The number of aliphatic hydroxyl groups excluding tert-OH is 1. The second-order valence-corrected chi connectivity index (χ2v) is 5.69. The molecule has 0 aliphatic heterocycles. The van der Waals surface area contributed by atoms with E-state index in [0.29, 0.717) is 6.42 Å². The van der Waals surface area contributed by atoms with Gasteiger partial charge in [-0.25, -0.2) is 4.98 Å². The number of oxazole rings is 1. The van der Waals surface area contributed by atoms with Gasteiger partial charge in [0.1, 0.15) is 18.0 Å². The molecule has 23 heavy (non-hydrogen) atoms. The van der Waals surface area contributed by atoms with Crippen molar-refractivity contribution in [1.29, 1.82) is 0 Å². The monoisotopic (exact) mass is 316 g/mol. The van der Waals surface area contributed by atoms with Crippen LogP contribution in [0.25, 0.3) is 0 Å². The standard InChI is InChI=1S/C17H20N2O4/c20-16-13(19-17(21)15-10-18-11-22-15)8-4-5-9-14(16)23-12-6-2-1-3-7-12/h1-3,6-7,10-11,13-14,16,20H,4-5,8-9H2,(H,19,21)/t13-,14-,16-/m1/s1. The number of nitrogens with one attached hydrogen (secondary N) is 1. The van der Waals surface area contributed by atoms with Gasteiger partial charge in [0.15, 0.2) is 6.39 Å². The molecule has 0 bridgehead atoms. The third kappa shape index (κ3) is 3.90. The Balaban J connectivity index is 1.67. The molecule has 6 heteroatoms. The number of amides is 1. The molecule has 0 saturated heterocycles. The average molecular weight is 316 g/mol. The zero-order chi connectivity index (χ0) is 16.1. The summed E-state index contributed by atoms with van der Waals surface area (Å²) in [5.41, 5.74) is 0. The summed E-state index contributed by atoms with van der Waals surface area (Å²) >= 11 is 0. The Bertz CT molecular complexity index is 615. The molecule has 0 unspecified atom stereocenters. The van der Waals surface area contributed by atoms with Gasteiger partial charge >= 0.3 is 0 Å². The second kappa shape index (κ2) is 7.28. The van der Waals surface area contributed by atoms with Crippen molar-refractivity contribution in [2.24, 2.45) is 0 Å². The van der Waals surface area contributed by atoms with Crippen molar-refractivity contribution in [3.63, 3.8) is 0 Å². The lowest BCUT2D eigenvalue weighted by atomic mass is 10.0. The molecular formula is C17H20N2O4. The third-order valence-electron chi connectivity index (χ3n) is 4.05. The molecule has 2 N–H and O–H groups in total. The van der Waals surface area contributed by atoms with E-state index in [1.54, 1.807) is 0 Å². The van der Waals surface area contributed by atoms with Gasteiger partial charge < -0.3 is 19.6 Å². The van der Waals surface area contributed by atoms with Gasteiger partial charge in [0.2, 0.25) is 5.76 Å². The molecule has 1 amide bonds. The van der Waals surface area contributed by atoms with Gasteiger partial charge in [-0.05, 0) is 31.4 Å². The van der Waals surface area contributed by atoms with E-state index >= 15 is 0 Å². The van der Waals surface area contributed by atoms with Gasteiger partial charge in [-0.3, -0.25) is 4.79 Å². The minimum atomic E-state index is -0.774. The third-order valence-corrected chi connectivity index (χ3v) is 4.05. The molecule has 1 aliphatic carbocycles. The summed E-state index contributed by atoms with van der Waals surface area (Å²) in [5.74, 6) is 0.493. The van der Waals surface area contributed by atoms with Crippen LogP contribution in [0.4, 0.5) is 0 Å². The molecule has 1 fully saturated rings. The van der Waals surface area contributed by atoms with E-state index in [9.17, 15) is 9.90 Å². The lowest BCUT2D eigenvalue weighted by molar-refractivity contribution is 0.0126. The molecule has 3 atom stereocenters. The molecule has 122 valence electrons. The first kappa shape index (κ1) is 15.6. The number of carbonyl (C=O) groups excluding carboxylic acids is 1. The zero-order valence-corrected chi connectivity index (χ0v) is 12.7. The number of nitrogens with zero attached hydrogens (tertiary/aromatic N) is 1. The topological polar surface area (TPSA) is 84.6 Å². The van der Waals surface area contributed by atoms with Gasteiger partial charge in [-0.1, -0.05) is 24.6 Å². The fourth-order valence-electron chi connectivity index (χ4n) is 2.84. The molecule has 1 aliphatic rings. The Labute approximate surface area is 134 Å². The maximum absolute atomic E-state index is 12.1. The van der Waals surface area contributed by atoms with E-state index in [2.05, 4.69) is 10.3 Å². The largest absolute Gasteiger partial charge is 0.488 e. The number of benzene rings is 1. The summed E-state index contributed by atoms with van der Waals surface area (Å²) in [7, 11) is 0. The lowest BCUT2D eigenvalue weighted by Crippen LogP contribution is -2.49. The van der Waals surface area contributed by atoms with Crippen LogP contribution in [-0.2, 0) is 0 Å². The van der Waals surface area contributed by atoms with Gasteiger partial charge in [0.05, 0.1) is 12.2 Å². The molecule has 1 aromatic carbocycles. The molecule has 1 aromatic heterocycles. The molecule has 1 heterocycles. The average Bonchev–Trinajstić information content (AvgIpc) is 3.06. The molecule has 1 saturated carbocycles. The highest BCUT2D eigenvalue weighted by Gasteiger charge is 2.33. The van der Waals surface area contributed by atoms with Crippen LogP contribution in [0.3, 0.4) is 0 Å². The Morgan fingerprint density at radius 1 is 1.26 bits per heavy atom. The van der Waals surface area contributed by atoms with E-state index < -0.39 is 6.10 Å². The Morgan fingerprint density at radius 2 is 2.04 bits per heavy atom. The maximum Gasteiger partial charge on any atom is 0.289 e. The number of aromatic nitrogens is 1. The summed E-state index contributed by atoms with van der Waals surface area (Å²) in [6.45, 7) is 0. The van der Waals surface area contributed by atoms with Gasteiger partial charge in [-0.15, -0.1) is 0 Å². The number of aliphatic hydroxyl groups is 1. The van der Waals surface area contributed by atoms with Crippen molar-refractivity contribution in [3.05, 3.63) is 48.7 Å². The Hall–Kier alpha value is -2.34.